The number of carboxylic acids is 2. The number of aliphatic carboxylic acids is 2. The maximum absolute atomic E-state index is 13.2. The van der Waals surface area contributed by atoms with E-state index >= 15 is 0 Å². The Morgan fingerprint density at radius 2 is 1.70 bits per heavy atom. The molecule has 0 aliphatic rings. The zero-order valence-corrected chi connectivity index (χ0v) is 19.0. The first-order valence-corrected chi connectivity index (χ1v) is 10.6. The normalized spacial score (nSPS) is 12.9. The lowest BCUT2D eigenvalue weighted by atomic mass is 9.83. The van der Waals surface area contributed by atoms with E-state index in [4.69, 9.17) is 16.7 Å². The summed E-state index contributed by atoms with van der Waals surface area (Å²) in [4.78, 5) is 52.5. The van der Waals surface area contributed by atoms with Gasteiger partial charge in [0.05, 0.1) is 5.41 Å². The highest BCUT2D eigenvalue weighted by atomic mass is 35.5. The van der Waals surface area contributed by atoms with Crippen LogP contribution < -0.4 is 10.6 Å². The summed E-state index contributed by atoms with van der Waals surface area (Å²) < 4.78 is 0. The quantitative estimate of drug-likeness (QED) is 0.389. The second-order valence-electron chi connectivity index (χ2n) is 8.06. The van der Waals surface area contributed by atoms with Crippen molar-refractivity contribution in [2.24, 2.45) is 0 Å². The number of benzene rings is 1. The van der Waals surface area contributed by atoms with Gasteiger partial charge in [0, 0.05) is 30.3 Å². The number of carbonyl (C=O) groups is 4. The highest BCUT2D eigenvalue weighted by Crippen LogP contribution is 2.25. The summed E-state index contributed by atoms with van der Waals surface area (Å²) in [6, 6.07) is 7.62. The van der Waals surface area contributed by atoms with Gasteiger partial charge in [-0.3, -0.25) is 19.4 Å². The van der Waals surface area contributed by atoms with Gasteiger partial charge in [0.1, 0.15) is 12.1 Å². The van der Waals surface area contributed by atoms with Crippen LogP contribution in [0.3, 0.4) is 0 Å². The predicted molar refractivity (Wildman–Crippen MR) is 121 cm³/mol. The maximum atomic E-state index is 13.2. The van der Waals surface area contributed by atoms with Gasteiger partial charge in [-0.15, -0.1) is 0 Å². The lowest BCUT2D eigenvalue weighted by Crippen LogP contribution is -2.55. The average Bonchev–Trinajstić information content (AvgIpc) is 2.76. The molecule has 10 heteroatoms. The third kappa shape index (κ3) is 7.57. The largest absolute Gasteiger partial charge is 0.481 e. The molecule has 176 valence electrons. The first-order valence-electron chi connectivity index (χ1n) is 10.2. The second kappa shape index (κ2) is 11.4. The van der Waals surface area contributed by atoms with Crippen molar-refractivity contribution in [1.29, 1.82) is 0 Å². The van der Waals surface area contributed by atoms with Crippen molar-refractivity contribution in [3.05, 3.63) is 64.9 Å². The molecule has 0 fully saturated rings. The Hall–Kier alpha value is -3.46. The van der Waals surface area contributed by atoms with Gasteiger partial charge in [0.2, 0.25) is 11.8 Å². The van der Waals surface area contributed by atoms with E-state index < -0.39 is 47.7 Å². The Balaban J connectivity index is 2.24. The summed E-state index contributed by atoms with van der Waals surface area (Å²) in [6.07, 6.45) is 2.44. The molecular formula is C23H26ClN3O6. The predicted octanol–water partition coefficient (Wildman–Crippen LogP) is 2.17. The molecular weight excluding hydrogens is 450 g/mol. The third-order valence-corrected chi connectivity index (χ3v) is 5.43. The van der Waals surface area contributed by atoms with E-state index in [0.29, 0.717) is 16.1 Å². The van der Waals surface area contributed by atoms with E-state index in [9.17, 15) is 24.3 Å². The Kier molecular flexibility index (Phi) is 8.93. The number of nitrogens with one attached hydrogen (secondary N) is 2. The van der Waals surface area contributed by atoms with Crippen molar-refractivity contribution in [2.45, 2.75) is 50.6 Å². The number of hydrogen-bond donors (Lipinski definition) is 4. The number of aromatic nitrogens is 1. The van der Waals surface area contributed by atoms with Crippen LogP contribution in [0.15, 0.2) is 48.8 Å². The number of pyridine rings is 1. The van der Waals surface area contributed by atoms with Gasteiger partial charge >= 0.3 is 11.9 Å². The van der Waals surface area contributed by atoms with E-state index in [1.807, 2.05) is 0 Å². The summed E-state index contributed by atoms with van der Waals surface area (Å²) in [5.41, 5.74) is 0.308. The SMILES string of the molecule is CC(C)(C(=O)N[C@@H](Cc1cccnc1)C(=O)N[C@H](CCC(=O)O)C(=O)O)c1ccc(Cl)cc1. The summed E-state index contributed by atoms with van der Waals surface area (Å²) in [6.45, 7) is 3.38. The van der Waals surface area contributed by atoms with Crippen LogP contribution in [0.4, 0.5) is 0 Å². The molecule has 2 atom stereocenters. The molecule has 0 aliphatic heterocycles. The molecule has 0 radical (unpaired) electrons. The highest BCUT2D eigenvalue weighted by Gasteiger charge is 2.34. The van der Waals surface area contributed by atoms with E-state index in [-0.39, 0.29) is 12.8 Å². The van der Waals surface area contributed by atoms with Gasteiger partial charge in [-0.1, -0.05) is 29.8 Å². The minimum absolute atomic E-state index is 0.0629. The van der Waals surface area contributed by atoms with Crippen LogP contribution in [-0.2, 0) is 31.0 Å². The number of halogens is 1. The highest BCUT2D eigenvalue weighted by molar-refractivity contribution is 6.30. The van der Waals surface area contributed by atoms with Gasteiger partial charge in [0.15, 0.2) is 0 Å². The smallest absolute Gasteiger partial charge is 0.326 e. The van der Waals surface area contributed by atoms with Crippen LogP contribution in [0.1, 0.15) is 37.8 Å². The Morgan fingerprint density at radius 3 is 2.24 bits per heavy atom. The molecule has 0 saturated carbocycles. The number of nitrogens with zero attached hydrogens (tertiary/aromatic N) is 1. The van der Waals surface area contributed by atoms with Crippen LogP contribution in [0.2, 0.25) is 5.02 Å². The first kappa shape index (κ1) is 25.8. The molecule has 1 aromatic heterocycles. The fourth-order valence-corrected chi connectivity index (χ4v) is 3.22. The van der Waals surface area contributed by atoms with Crippen molar-refractivity contribution in [2.75, 3.05) is 0 Å². The molecule has 1 aromatic carbocycles. The molecule has 1 heterocycles. The van der Waals surface area contributed by atoms with Crippen molar-refractivity contribution < 1.29 is 29.4 Å². The summed E-state index contributed by atoms with van der Waals surface area (Å²) in [5, 5.41) is 23.8. The molecule has 0 bridgehead atoms. The monoisotopic (exact) mass is 475 g/mol. The lowest BCUT2D eigenvalue weighted by Gasteiger charge is -2.28. The summed E-state index contributed by atoms with van der Waals surface area (Å²) >= 11 is 5.93. The van der Waals surface area contributed by atoms with Crippen LogP contribution in [0.25, 0.3) is 0 Å². The van der Waals surface area contributed by atoms with Crippen LogP contribution in [-0.4, -0.2) is 51.0 Å². The fraction of sp³-hybridized carbons (Fsp3) is 0.348. The number of carbonyl (C=O) groups excluding carboxylic acids is 2. The van der Waals surface area contributed by atoms with Crippen molar-refractivity contribution in [3.63, 3.8) is 0 Å². The Bertz CT molecular complexity index is 995. The number of rotatable bonds is 11. The molecule has 0 saturated heterocycles. The minimum Gasteiger partial charge on any atom is -0.481 e. The molecule has 0 spiro atoms. The Morgan fingerprint density at radius 1 is 1.03 bits per heavy atom. The van der Waals surface area contributed by atoms with E-state index in [2.05, 4.69) is 15.6 Å². The van der Waals surface area contributed by atoms with E-state index in [1.54, 1.807) is 56.4 Å². The summed E-state index contributed by atoms with van der Waals surface area (Å²) in [7, 11) is 0. The molecule has 2 aromatic rings. The van der Waals surface area contributed by atoms with Gasteiger partial charge < -0.3 is 20.8 Å². The molecule has 2 rings (SSSR count). The van der Waals surface area contributed by atoms with Crippen LogP contribution in [0, 0.1) is 0 Å². The zero-order chi connectivity index (χ0) is 24.6. The fourth-order valence-electron chi connectivity index (χ4n) is 3.10. The molecule has 0 unspecified atom stereocenters. The van der Waals surface area contributed by atoms with Crippen molar-refractivity contribution in [3.8, 4) is 0 Å². The van der Waals surface area contributed by atoms with Crippen LogP contribution in [0.5, 0.6) is 0 Å². The molecule has 4 N–H and O–H groups in total. The standard InChI is InChI=1S/C23H26ClN3O6/c1-23(2,15-5-7-16(24)8-6-15)22(33)27-18(12-14-4-3-11-25-13-14)20(30)26-17(21(31)32)9-10-19(28)29/h3-8,11,13,17-18H,9-10,12H2,1-2H3,(H,26,30)(H,27,33)(H,28,29)(H,31,32)/t17-,18+/m1/s1. The van der Waals surface area contributed by atoms with Gasteiger partial charge in [-0.05, 0) is 49.6 Å². The second-order valence-corrected chi connectivity index (χ2v) is 8.49. The van der Waals surface area contributed by atoms with Gasteiger partial charge in [0.25, 0.3) is 0 Å². The minimum atomic E-state index is -1.41. The number of amides is 2. The maximum Gasteiger partial charge on any atom is 0.326 e. The molecule has 9 nitrogen and oxygen atoms in total. The van der Waals surface area contributed by atoms with Crippen LogP contribution >= 0.6 is 11.6 Å². The van der Waals surface area contributed by atoms with Crippen molar-refractivity contribution >= 4 is 35.4 Å². The topological polar surface area (TPSA) is 146 Å². The average molecular weight is 476 g/mol. The molecule has 0 aliphatic carbocycles. The van der Waals surface area contributed by atoms with Gasteiger partial charge in [-0.2, -0.15) is 0 Å². The third-order valence-electron chi connectivity index (χ3n) is 5.18. The summed E-state index contributed by atoms with van der Waals surface area (Å²) in [5.74, 6) is -3.74. The molecule has 2 amide bonds. The zero-order valence-electron chi connectivity index (χ0n) is 18.2. The number of hydrogen-bond acceptors (Lipinski definition) is 5. The van der Waals surface area contributed by atoms with E-state index in [0.717, 1.165) is 0 Å². The van der Waals surface area contributed by atoms with Crippen molar-refractivity contribution in [1.82, 2.24) is 15.6 Å². The lowest BCUT2D eigenvalue weighted by molar-refractivity contribution is -0.143. The number of carboxylic acid groups (broad SMARTS) is 2. The molecule has 33 heavy (non-hydrogen) atoms. The van der Waals surface area contributed by atoms with E-state index in [1.165, 1.54) is 6.20 Å². The Labute approximate surface area is 196 Å². The van der Waals surface area contributed by atoms with Gasteiger partial charge in [-0.25, -0.2) is 4.79 Å². The first-order chi connectivity index (χ1) is 15.5.